The number of aromatic hydroxyl groups is 2. The summed E-state index contributed by atoms with van der Waals surface area (Å²) in [5, 5.41) is 35.3. The van der Waals surface area contributed by atoms with Crippen molar-refractivity contribution >= 4 is 69.5 Å². The Balaban J connectivity index is 1.39. The number of carbonyl (C=O) groups is 6. The number of nitrogens with zero attached hydrogens (tertiary/aromatic N) is 3. The fourth-order valence-corrected chi connectivity index (χ4v) is 5.72. The highest BCUT2D eigenvalue weighted by atomic mass is 32.2. The van der Waals surface area contributed by atoms with E-state index in [0.717, 1.165) is 47.1 Å². The minimum atomic E-state index is -1.40. The number of benzene rings is 1. The summed E-state index contributed by atoms with van der Waals surface area (Å²) in [5.74, 6) is -6.30. The number of anilines is 1. The van der Waals surface area contributed by atoms with Crippen LogP contribution in [-0.2, 0) is 33.5 Å². The number of rotatable bonds is 10. The highest BCUT2D eigenvalue weighted by Gasteiger charge is 2.54. The van der Waals surface area contributed by atoms with Crippen LogP contribution in [0.15, 0.2) is 40.0 Å². The second kappa shape index (κ2) is 13.3. The van der Waals surface area contributed by atoms with Crippen molar-refractivity contribution in [3.05, 3.63) is 46.1 Å². The first-order valence-corrected chi connectivity index (χ1v) is 14.2. The third kappa shape index (κ3) is 6.98. The van der Waals surface area contributed by atoms with Gasteiger partial charge in [0, 0.05) is 29.2 Å². The summed E-state index contributed by atoms with van der Waals surface area (Å²) in [6, 6.07) is 2.09. The standard InChI is InChI=1S/C24H23N7O11S2/c1-9(32)41-5-11-7-43-22-17(21(38)31(22)18(11)23(39)40)27-20(37)16(12-8-44-24(25)26-12)30-42-6-15(35)28-29-19(36)10-2-3-13(33)14(34)4-10/h2-4,8,17,22,33-34H,5-7H2,1H3,(H2,25,26)(H,27,37)(H,28,35)(H,29,36)(H,39,40)/t17?,22-/m0/s1. The molecule has 8 N–H and O–H groups in total. The van der Waals surface area contributed by atoms with E-state index in [1.165, 1.54) is 11.4 Å². The number of nitrogen functional groups attached to an aromatic ring is 1. The van der Waals surface area contributed by atoms with Crippen LogP contribution in [-0.4, -0.2) is 96.9 Å². The number of phenols is 2. The molecule has 0 bridgehead atoms. The van der Waals surface area contributed by atoms with E-state index in [4.69, 9.17) is 15.3 Å². The van der Waals surface area contributed by atoms with Crippen molar-refractivity contribution in [2.45, 2.75) is 18.3 Å². The van der Waals surface area contributed by atoms with Crippen molar-refractivity contribution in [3.8, 4) is 11.5 Å². The Morgan fingerprint density at radius 2 is 1.93 bits per heavy atom. The highest BCUT2D eigenvalue weighted by molar-refractivity contribution is 8.00. The molecule has 44 heavy (non-hydrogen) atoms. The van der Waals surface area contributed by atoms with Crippen molar-refractivity contribution in [1.29, 1.82) is 0 Å². The summed E-state index contributed by atoms with van der Waals surface area (Å²) in [6.45, 7) is 0.0640. The van der Waals surface area contributed by atoms with Gasteiger partial charge in [0.2, 0.25) is 0 Å². The molecule has 4 amide bonds. The summed E-state index contributed by atoms with van der Waals surface area (Å²) in [7, 11) is 0. The van der Waals surface area contributed by atoms with E-state index >= 15 is 0 Å². The molecule has 2 aliphatic rings. The normalized spacial score (nSPS) is 17.6. The third-order valence-corrected chi connectivity index (χ3v) is 7.88. The first-order valence-electron chi connectivity index (χ1n) is 12.2. The molecule has 4 rings (SSSR count). The molecule has 1 unspecified atom stereocenters. The maximum absolute atomic E-state index is 13.2. The number of carbonyl (C=O) groups excluding carboxylic acids is 5. The number of hydrogen-bond donors (Lipinski definition) is 7. The van der Waals surface area contributed by atoms with E-state index in [0.29, 0.717) is 0 Å². The van der Waals surface area contributed by atoms with Crippen LogP contribution in [0.5, 0.6) is 11.5 Å². The van der Waals surface area contributed by atoms with Gasteiger partial charge in [0.1, 0.15) is 29.4 Å². The number of esters is 1. The monoisotopic (exact) mass is 649 g/mol. The van der Waals surface area contributed by atoms with Gasteiger partial charge in [-0.3, -0.25) is 39.7 Å². The molecule has 0 radical (unpaired) electrons. The largest absolute Gasteiger partial charge is 0.504 e. The number of thioether (sulfide) groups is 1. The number of phenolic OH excluding ortho intramolecular Hbond substituents is 2. The molecule has 0 aliphatic carbocycles. The predicted octanol–water partition coefficient (Wildman–Crippen LogP) is -1.38. The Bertz CT molecular complexity index is 1610. The number of hydrogen-bond acceptors (Lipinski definition) is 15. The van der Waals surface area contributed by atoms with Gasteiger partial charge >= 0.3 is 11.9 Å². The number of nitrogens with one attached hydrogen (secondary N) is 3. The Morgan fingerprint density at radius 3 is 2.57 bits per heavy atom. The number of hydrazine groups is 1. The Morgan fingerprint density at radius 1 is 1.18 bits per heavy atom. The van der Waals surface area contributed by atoms with Crippen LogP contribution in [0, 0.1) is 0 Å². The number of aromatic nitrogens is 1. The van der Waals surface area contributed by atoms with E-state index in [2.05, 4.69) is 20.9 Å². The summed E-state index contributed by atoms with van der Waals surface area (Å²) in [4.78, 5) is 83.4. The number of thiazole rings is 1. The predicted molar refractivity (Wildman–Crippen MR) is 151 cm³/mol. The number of carboxylic acid groups (broad SMARTS) is 1. The molecule has 0 spiro atoms. The van der Waals surface area contributed by atoms with Crippen LogP contribution in [0.2, 0.25) is 0 Å². The average Bonchev–Trinajstić information content (AvgIpc) is 3.41. The maximum atomic E-state index is 13.2. The first-order chi connectivity index (χ1) is 20.9. The molecule has 1 saturated heterocycles. The lowest BCUT2D eigenvalue weighted by Gasteiger charge is -2.49. The van der Waals surface area contributed by atoms with Gasteiger partial charge in [-0.05, 0) is 18.2 Å². The number of ether oxygens (including phenoxy) is 1. The molecule has 2 aromatic rings. The molecule has 20 heteroatoms. The fourth-order valence-electron chi connectivity index (χ4n) is 3.85. The Hall–Kier alpha value is -5.37. The average molecular weight is 650 g/mol. The van der Waals surface area contributed by atoms with Gasteiger partial charge in [0.05, 0.1) is 0 Å². The van der Waals surface area contributed by atoms with E-state index < -0.39 is 70.8 Å². The van der Waals surface area contributed by atoms with Gasteiger partial charge in [-0.1, -0.05) is 5.16 Å². The zero-order valence-electron chi connectivity index (χ0n) is 22.4. The smallest absolute Gasteiger partial charge is 0.352 e. The molecule has 2 aliphatic heterocycles. The lowest BCUT2D eigenvalue weighted by atomic mass is 10.0. The van der Waals surface area contributed by atoms with Gasteiger partial charge < -0.3 is 35.9 Å². The van der Waals surface area contributed by atoms with Crippen molar-refractivity contribution in [3.63, 3.8) is 0 Å². The highest BCUT2D eigenvalue weighted by Crippen LogP contribution is 2.40. The molecular formula is C24H23N7O11S2. The maximum Gasteiger partial charge on any atom is 0.352 e. The van der Waals surface area contributed by atoms with Gasteiger partial charge in [0.15, 0.2) is 28.9 Å². The Kier molecular flexibility index (Phi) is 9.54. The number of β-lactam (4-membered cyclic amide) rings is 1. The van der Waals surface area contributed by atoms with Gasteiger partial charge in [-0.25, -0.2) is 9.78 Å². The number of carboxylic acids is 1. The molecule has 232 valence electrons. The molecule has 18 nitrogen and oxygen atoms in total. The third-order valence-electron chi connectivity index (χ3n) is 5.87. The van der Waals surface area contributed by atoms with Gasteiger partial charge in [0.25, 0.3) is 23.6 Å². The van der Waals surface area contributed by atoms with Crippen LogP contribution < -0.4 is 21.9 Å². The first kappa shape index (κ1) is 31.6. The zero-order chi connectivity index (χ0) is 32.1. The van der Waals surface area contributed by atoms with Crippen LogP contribution in [0.3, 0.4) is 0 Å². The van der Waals surface area contributed by atoms with Crippen LogP contribution >= 0.6 is 23.1 Å². The molecule has 1 aromatic carbocycles. The van der Waals surface area contributed by atoms with E-state index in [-0.39, 0.29) is 40.0 Å². The van der Waals surface area contributed by atoms with Crippen LogP contribution in [0.1, 0.15) is 23.0 Å². The second-order valence-corrected chi connectivity index (χ2v) is 10.9. The number of nitrogens with two attached hydrogens (primary N) is 1. The molecule has 3 heterocycles. The molecule has 0 saturated carbocycles. The van der Waals surface area contributed by atoms with Gasteiger partial charge in [-0.2, -0.15) is 0 Å². The lowest BCUT2D eigenvalue weighted by Crippen LogP contribution is -2.71. The van der Waals surface area contributed by atoms with E-state index in [9.17, 15) is 44.1 Å². The second-order valence-electron chi connectivity index (χ2n) is 8.89. The van der Waals surface area contributed by atoms with E-state index in [1.807, 2.05) is 5.43 Å². The van der Waals surface area contributed by atoms with Gasteiger partial charge in [-0.15, -0.1) is 23.1 Å². The van der Waals surface area contributed by atoms with Crippen molar-refractivity contribution in [2.75, 3.05) is 24.7 Å². The SMILES string of the molecule is CC(=O)OCC1=C(C(=O)O)N2C(=O)C(NC(=O)C(=NOCC(=O)NNC(=O)c3ccc(O)c(O)c3)c3csc(N)n3)[C@@H]2SC1. The van der Waals surface area contributed by atoms with Crippen molar-refractivity contribution in [2.24, 2.45) is 5.16 Å². The minimum absolute atomic E-state index is 0.0411. The number of oxime groups is 1. The zero-order valence-corrected chi connectivity index (χ0v) is 24.1. The summed E-state index contributed by atoms with van der Waals surface area (Å²) in [5.41, 5.74) is 9.07. The number of fused-ring (bicyclic) bond motifs is 1. The van der Waals surface area contributed by atoms with Crippen molar-refractivity contribution in [1.82, 2.24) is 26.1 Å². The molecule has 2 atom stereocenters. The summed E-state index contributed by atoms with van der Waals surface area (Å²) < 4.78 is 4.89. The topological polar surface area (TPSA) is 272 Å². The van der Waals surface area contributed by atoms with E-state index in [1.54, 1.807) is 0 Å². The van der Waals surface area contributed by atoms with Crippen LogP contribution in [0.4, 0.5) is 5.13 Å². The number of amides is 4. The van der Waals surface area contributed by atoms with Crippen molar-refractivity contribution < 1.29 is 53.7 Å². The quantitative estimate of drug-likeness (QED) is 0.0514. The summed E-state index contributed by atoms with van der Waals surface area (Å²) in [6.07, 6.45) is 0. The molecule has 1 aromatic heterocycles. The lowest BCUT2D eigenvalue weighted by molar-refractivity contribution is -0.150. The molecular weight excluding hydrogens is 626 g/mol. The Labute approximate surface area is 254 Å². The molecule has 1 fully saturated rings. The summed E-state index contributed by atoms with van der Waals surface area (Å²) >= 11 is 2.12. The minimum Gasteiger partial charge on any atom is -0.504 e. The number of aliphatic carboxylic acids is 1. The van der Waals surface area contributed by atoms with Crippen LogP contribution in [0.25, 0.3) is 0 Å². The fraction of sp³-hybridized carbons (Fsp3) is 0.250.